The molecule has 2 aromatic carbocycles. The summed E-state index contributed by atoms with van der Waals surface area (Å²) in [6, 6.07) is 15.4. The number of rotatable bonds is 10. The Kier molecular flexibility index (Phi) is 7.87. The number of carboxylic acids is 1. The topological polar surface area (TPSA) is 105 Å². The number of fused-ring (bicyclic) bond motifs is 3. The van der Waals surface area contributed by atoms with Crippen molar-refractivity contribution in [2.45, 2.75) is 57.5 Å². The lowest BCUT2D eigenvalue weighted by Crippen LogP contribution is -2.41. The van der Waals surface area contributed by atoms with Crippen LogP contribution in [0.3, 0.4) is 0 Å². The van der Waals surface area contributed by atoms with Gasteiger partial charge in [0.2, 0.25) is 5.91 Å². The van der Waals surface area contributed by atoms with Crippen LogP contribution < -0.4 is 10.6 Å². The van der Waals surface area contributed by atoms with E-state index in [0.29, 0.717) is 6.42 Å². The number of hydrogen-bond donors (Lipinski definition) is 3. The maximum absolute atomic E-state index is 12.3. The molecule has 0 saturated heterocycles. The van der Waals surface area contributed by atoms with Gasteiger partial charge in [0.05, 0.1) is 6.42 Å². The van der Waals surface area contributed by atoms with Crippen molar-refractivity contribution in [3.63, 3.8) is 0 Å². The zero-order valence-electron chi connectivity index (χ0n) is 18.5. The molecule has 1 aliphatic carbocycles. The maximum Gasteiger partial charge on any atom is 0.407 e. The Bertz CT molecular complexity index is 929. The molecule has 0 heterocycles. The fourth-order valence-electron chi connectivity index (χ4n) is 4.24. The van der Waals surface area contributed by atoms with Gasteiger partial charge in [-0.3, -0.25) is 9.59 Å². The molecule has 0 saturated carbocycles. The molecule has 2 atom stereocenters. The third-order valence-corrected chi connectivity index (χ3v) is 5.62. The second-order valence-electron chi connectivity index (χ2n) is 8.23. The normalized spacial score (nSPS) is 14.1. The minimum Gasteiger partial charge on any atom is -0.481 e. The number of benzene rings is 2. The minimum absolute atomic E-state index is 0.0300. The van der Waals surface area contributed by atoms with Crippen LogP contribution in [-0.2, 0) is 14.3 Å². The smallest absolute Gasteiger partial charge is 0.407 e. The van der Waals surface area contributed by atoms with Gasteiger partial charge in [-0.1, -0.05) is 61.9 Å². The van der Waals surface area contributed by atoms with Crippen molar-refractivity contribution in [2.24, 2.45) is 0 Å². The van der Waals surface area contributed by atoms with E-state index in [2.05, 4.69) is 34.9 Å². The van der Waals surface area contributed by atoms with Crippen molar-refractivity contribution in [1.82, 2.24) is 10.6 Å². The van der Waals surface area contributed by atoms with Gasteiger partial charge in [0.15, 0.2) is 0 Å². The Morgan fingerprint density at radius 3 is 2.12 bits per heavy atom. The SMILES string of the molecule is CCC[C@H](CC(=O)O)NC(=O)C[C@@H](C)NC(=O)OCC1c2ccccc2-c2ccccc21. The highest BCUT2D eigenvalue weighted by Gasteiger charge is 2.29. The van der Waals surface area contributed by atoms with Gasteiger partial charge in [0.25, 0.3) is 0 Å². The van der Waals surface area contributed by atoms with Gasteiger partial charge in [0.1, 0.15) is 6.61 Å². The Morgan fingerprint density at radius 1 is 0.969 bits per heavy atom. The highest BCUT2D eigenvalue weighted by atomic mass is 16.5. The number of carboxylic acid groups (broad SMARTS) is 1. The number of aliphatic carboxylic acids is 1. The average molecular weight is 439 g/mol. The molecular weight excluding hydrogens is 408 g/mol. The van der Waals surface area contributed by atoms with Gasteiger partial charge in [-0.05, 0) is 35.6 Å². The Morgan fingerprint density at radius 2 is 1.56 bits per heavy atom. The number of carbonyl (C=O) groups is 3. The molecule has 0 bridgehead atoms. The number of amides is 2. The third kappa shape index (κ3) is 5.87. The maximum atomic E-state index is 12.3. The molecule has 0 aliphatic heterocycles. The molecule has 2 aromatic rings. The molecular formula is C25H30N2O5. The highest BCUT2D eigenvalue weighted by molar-refractivity contribution is 5.80. The lowest BCUT2D eigenvalue weighted by atomic mass is 9.98. The van der Waals surface area contributed by atoms with E-state index in [1.54, 1.807) is 6.92 Å². The summed E-state index contributed by atoms with van der Waals surface area (Å²) in [6.45, 7) is 3.85. The molecule has 0 spiro atoms. The summed E-state index contributed by atoms with van der Waals surface area (Å²) in [5.74, 6) is -1.28. The Labute approximate surface area is 188 Å². The van der Waals surface area contributed by atoms with Crippen LogP contribution in [-0.4, -0.2) is 41.8 Å². The molecule has 0 aromatic heterocycles. The molecule has 0 fully saturated rings. The van der Waals surface area contributed by atoms with Gasteiger partial charge < -0.3 is 20.5 Å². The van der Waals surface area contributed by atoms with Crippen molar-refractivity contribution >= 4 is 18.0 Å². The summed E-state index contributed by atoms with van der Waals surface area (Å²) in [5, 5.41) is 14.4. The van der Waals surface area contributed by atoms with Gasteiger partial charge in [-0.25, -0.2) is 4.79 Å². The predicted octanol–water partition coefficient (Wildman–Crippen LogP) is 4.06. The van der Waals surface area contributed by atoms with E-state index in [9.17, 15) is 14.4 Å². The first kappa shape index (κ1) is 23.3. The van der Waals surface area contributed by atoms with Crippen LogP contribution in [0.2, 0.25) is 0 Å². The fourth-order valence-corrected chi connectivity index (χ4v) is 4.24. The molecule has 170 valence electrons. The van der Waals surface area contributed by atoms with Gasteiger partial charge in [-0.2, -0.15) is 0 Å². The van der Waals surface area contributed by atoms with E-state index < -0.39 is 24.1 Å². The standard InChI is InChI=1S/C25H30N2O5/c1-3-8-17(14-24(29)30)27-23(28)13-16(2)26-25(31)32-15-22-20-11-6-4-9-18(20)19-10-5-7-12-21(19)22/h4-7,9-12,16-17,22H,3,8,13-15H2,1-2H3,(H,26,31)(H,27,28)(H,29,30)/t16-,17-/m1/s1. The first-order valence-corrected chi connectivity index (χ1v) is 11.0. The summed E-state index contributed by atoms with van der Waals surface area (Å²) >= 11 is 0. The van der Waals surface area contributed by atoms with Crippen LogP contribution >= 0.6 is 0 Å². The van der Waals surface area contributed by atoms with Crippen molar-refractivity contribution in [3.05, 3.63) is 59.7 Å². The molecule has 1 aliphatic rings. The van der Waals surface area contributed by atoms with Crippen molar-refractivity contribution in [1.29, 1.82) is 0 Å². The van der Waals surface area contributed by atoms with Gasteiger partial charge in [0, 0.05) is 24.4 Å². The third-order valence-electron chi connectivity index (χ3n) is 5.62. The molecule has 0 unspecified atom stereocenters. The first-order valence-electron chi connectivity index (χ1n) is 11.0. The summed E-state index contributed by atoms with van der Waals surface area (Å²) in [4.78, 5) is 35.5. The van der Waals surface area contributed by atoms with E-state index in [0.717, 1.165) is 28.7 Å². The zero-order valence-corrected chi connectivity index (χ0v) is 18.5. The number of ether oxygens (including phenoxy) is 1. The average Bonchev–Trinajstić information content (AvgIpc) is 3.05. The molecule has 3 rings (SSSR count). The second-order valence-corrected chi connectivity index (χ2v) is 8.23. The predicted molar refractivity (Wildman–Crippen MR) is 121 cm³/mol. The lowest BCUT2D eigenvalue weighted by molar-refractivity contribution is -0.137. The molecule has 2 amide bonds. The second kappa shape index (κ2) is 10.8. The largest absolute Gasteiger partial charge is 0.481 e. The number of hydrogen-bond acceptors (Lipinski definition) is 4. The van der Waals surface area contributed by atoms with Crippen LogP contribution in [0.1, 0.15) is 56.6 Å². The van der Waals surface area contributed by atoms with Crippen LogP contribution in [0.15, 0.2) is 48.5 Å². The van der Waals surface area contributed by atoms with E-state index in [4.69, 9.17) is 9.84 Å². The fraction of sp³-hybridized carbons (Fsp3) is 0.400. The molecule has 7 nitrogen and oxygen atoms in total. The summed E-state index contributed by atoms with van der Waals surface area (Å²) in [6.07, 6.45) is 0.707. The van der Waals surface area contributed by atoms with Crippen LogP contribution in [0.25, 0.3) is 11.1 Å². The molecule has 0 radical (unpaired) electrons. The summed E-state index contributed by atoms with van der Waals surface area (Å²) in [5.41, 5.74) is 4.58. The minimum atomic E-state index is -0.950. The van der Waals surface area contributed by atoms with E-state index >= 15 is 0 Å². The van der Waals surface area contributed by atoms with Crippen molar-refractivity contribution < 1.29 is 24.2 Å². The van der Waals surface area contributed by atoms with E-state index in [1.807, 2.05) is 31.2 Å². The molecule has 32 heavy (non-hydrogen) atoms. The Balaban J connectivity index is 1.51. The zero-order chi connectivity index (χ0) is 23.1. The van der Waals surface area contributed by atoms with E-state index in [-0.39, 0.29) is 31.3 Å². The summed E-state index contributed by atoms with van der Waals surface area (Å²) < 4.78 is 5.50. The highest BCUT2D eigenvalue weighted by Crippen LogP contribution is 2.44. The Hall–Kier alpha value is -3.35. The monoisotopic (exact) mass is 438 g/mol. The quantitative estimate of drug-likeness (QED) is 0.519. The molecule has 3 N–H and O–H groups in total. The van der Waals surface area contributed by atoms with Gasteiger partial charge >= 0.3 is 12.1 Å². The number of alkyl carbamates (subject to hydrolysis) is 1. The molecule has 7 heteroatoms. The van der Waals surface area contributed by atoms with E-state index in [1.165, 1.54) is 0 Å². The van der Waals surface area contributed by atoms with Crippen LogP contribution in [0, 0.1) is 0 Å². The lowest BCUT2D eigenvalue weighted by Gasteiger charge is -2.19. The number of nitrogens with one attached hydrogen (secondary N) is 2. The van der Waals surface area contributed by atoms with Crippen molar-refractivity contribution in [3.8, 4) is 11.1 Å². The van der Waals surface area contributed by atoms with Crippen LogP contribution in [0.4, 0.5) is 4.79 Å². The van der Waals surface area contributed by atoms with Gasteiger partial charge in [-0.15, -0.1) is 0 Å². The number of carbonyl (C=O) groups excluding carboxylic acids is 2. The van der Waals surface area contributed by atoms with Crippen LogP contribution in [0.5, 0.6) is 0 Å². The van der Waals surface area contributed by atoms with Crippen molar-refractivity contribution in [2.75, 3.05) is 6.61 Å². The first-order chi connectivity index (χ1) is 15.4. The summed E-state index contributed by atoms with van der Waals surface area (Å²) in [7, 11) is 0.